The molecule has 0 unspecified atom stereocenters. The fourth-order valence-electron chi connectivity index (χ4n) is 1.09. The van der Waals surface area contributed by atoms with Crippen molar-refractivity contribution in [3.8, 4) is 0 Å². The summed E-state index contributed by atoms with van der Waals surface area (Å²) < 4.78 is 0. The fraction of sp³-hybridized carbons (Fsp3) is 0.778. The van der Waals surface area contributed by atoms with Crippen LogP contribution >= 0.6 is 11.6 Å². The van der Waals surface area contributed by atoms with Crippen LogP contribution in [-0.4, -0.2) is 30.2 Å². The Morgan fingerprint density at radius 1 is 1.43 bits per heavy atom. The molecule has 0 saturated heterocycles. The zero-order valence-electron chi connectivity index (χ0n) is 8.55. The Kier molecular flexibility index (Phi) is 6.49. The van der Waals surface area contributed by atoms with Crippen LogP contribution < -0.4 is 11.1 Å². The molecule has 1 atom stereocenters. The number of Topliss-reactive ketones (excluding diaryl/α,β-unsaturated/α-hetero) is 1. The number of nitrogens with two attached hydrogens (primary N) is 1. The van der Waals surface area contributed by atoms with E-state index in [0.29, 0.717) is 12.3 Å². The molecule has 0 heterocycles. The Hall–Kier alpha value is -0.610. The molecule has 4 nitrogen and oxygen atoms in total. The van der Waals surface area contributed by atoms with Gasteiger partial charge >= 0.3 is 0 Å². The van der Waals surface area contributed by atoms with Crippen molar-refractivity contribution in [1.29, 1.82) is 0 Å². The van der Waals surface area contributed by atoms with Crippen LogP contribution in [0.25, 0.3) is 0 Å². The lowest BCUT2D eigenvalue weighted by molar-refractivity contribution is -0.126. The molecule has 0 aliphatic carbocycles. The molecule has 1 amide bonds. The highest BCUT2D eigenvalue weighted by atomic mass is 35.5. The molecule has 14 heavy (non-hydrogen) atoms. The number of hydrogen-bond donors (Lipinski definition) is 2. The van der Waals surface area contributed by atoms with Crippen molar-refractivity contribution in [2.45, 2.75) is 26.3 Å². The molecule has 0 radical (unpaired) electrons. The van der Waals surface area contributed by atoms with E-state index in [-0.39, 0.29) is 24.1 Å². The average molecular weight is 221 g/mol. The zero-order chi connectivity index (χ0) is 11.1. The fourth-order valence-corrected chi connectivity index (χ4v) is 1.27. The molecule has 0 aromatic heterocycles. The molecule has 3 N–H and O–H groups in total. The number of ketones is 1. The first kappa shape index (κ1) is 13.4. The summed E-state index contributed by atoms with van der Waals surface area (Å²) in [4.78, 5) is 22.3. The Bertz CT molecular complexity index is 207. The Balaban J connectivity index is 4.24. The second kappa shape index (κ2) is 6.79. The maximum absolute atomic E-state index is 11.3. The largest absolute Gasteiger partial charge is 0.345 e. The summed E-state index contributed by atoms with van der Waals surface area (Å²) in [5.41, 5.74) is 5.14. The smallest absolute Gasteiger partial charge is 0.234 e. The van der Waals surface area contributed by atoms with E-state index >= 15 is 0 Å². The minimum Gasteiger partial charge on any atom is -0.345 e. The number of hydrogen-bond acceptors (Lipinski definition) is 3. The first-order valence-electron chi connectivity index (χ1n) is 4.59. The predicted octanol–water partition coefficient (Wildman–Crippen LogP) is 0.284. The highest BCUT2D eigenvalue weighted by Crippen LogP contribution is 2.06. The topological polar surface area (TPSA) is 72.2 Å². The highest BCUT2D eigenvalue weighted by molar-refractivity contribution is 6.28. The molecular weight excluding hydrogens is 204 g/mol. The van der Waals surface area contributed by atoms with Crippen molar-refractivity contribution in [2.75, 3.05) is 12.4 Å². The van der Waals surface area contributed by atoms with Crippen LogP contribution in [0.15, 0.2) is 0 Å². The number of halogens is 1. The van der Waals surface area contributed by atoms with E-state index in [2.05, 4.69) is 5.32 Å². The second-order valence-corrected chi connectivity index (χ2v) is 3.82. The Labute approximate surface area is 89.2 Å². The summed E-state index contributed by atoms with van der Waals surface area (Å²) in [5, 5.41) is 2.55. The Morgan fingerprint density at radius 3 is 2.36 bits per heavy atom. The lowest BCUT2D eigenvalue weighted by Crippen LogP contribution is -2.44. The third-order valence-corrected chi connectivity index (χ3v) is 2.01. The van der Waals surface area contributed by atoms with Gasteiger partial charge in [0.05, 0.1) is 18.5 Å². The van der Waals surface area contributed by atoms with Gasteiger partial charge in [0.2, 0.25) is 5.91 Å². The van der Waals surface area contributed by atoms with E-state index in [0.717, 1.165) is 0 Å². The molecule has 0 saturated carbocycles. The number of carbonyl (C=O) groups is 2. The number of amides is 1. The lowest BCUT2D eigenvalue weighted by atomic mass is 10.0. The molecule has 0 fully saturated rings. The van der Waals surface area contributed by atoms with Crippen molar-refractivity contribution >= 4 is 23.3 Å². The van der Waals surface area contributed by atoms with Crippen LogP contribution in [0.5, 0.6) is 0 Å². The maximum atomic E-state index is 11.3. The molecule has 0 spiro atoms. The number of carbonyl (C=O) groups excluding carboxylic acids is 2. The molecule has 0 aromatic rings. The van der Waals surface area contributed by atoms with E-state index in [9.17, 15) is 9.59 Å². The maximum Gasteiger partial charge on any atom is 0.234 e. The van der Waals surface area contributed by atoms with Crippen LogP contribution in [0.2, 0.25) is 0 Å². The molecule has 0 aliphatic rings. The summed E-state index contributed by atoms with van der Waals surface area (Å²) in [6.07, 6.45) is 0.595. The standard InChI is InChI=1S/C9H17ClN2O2/c1-6(2)3-7(8(13)4-10)12-9(14)5-11/h6-7H,3-5,11H2,1-2H3,(H,12,14)/t7-/m0/s1. The number of rotatable bonds is 6. The van der Waals surface area contributed by atoms with Gasteiger partial charge in [0.15, 0.2) is 5.78 Å². The van der Waals surface area contributed by atoms with Crippen molar-refractivity contribution in [1.82, 2.24) is 5.32 Å². The second-order valence-electron chi connectivity index (χ2n) is 3.55. The third kappa shape index (κ3) is 5.19. The Morgan fingerprint density at radius 2 is 2.00 bits per heavy atom. The molecule has 0 rings (SSSR count). The van der Waals surface area contributed by atoms with E-state index in [1.54, 1.807) is 0 Å². The third-order valence-electron chi connectivity index (χ3n) is 1.75. The van der Waals surface area contributed by atoms with Crippen molar-refractivity contribution in [3.63, 3.8) is 0 Å². The van der Waals surface area contributed by atoms with Crippen LogP contribution in [0.1, 0.15) is 20.3 Å². The summed E-state index contributed by atoms with van der Waals surface area (Å²) in [6, 6.07) is -0.497. The van der Waals surface area contributed by atoms with Crippen molar-refractivity contribution < 1.29 is 9.59 Å². The minimum absolute atomic E-state index is 0.0811. The van der Waals surface area contributed by atoms with Gasteiger partial charge in [0, 0.05) is 0 Å². The van der Waals surface area contributed by atoms with Crippen LogP contribution in [0.3, 0.4) is 0 Å². The minimum atomic E-state index is -0.497. The highest BCUT2D eigenvalue weighted by Gasteiger charge is 2.19. The summed E-state index contributed by atoms with van der Waals surface area (Å²) in [7, 11) is 0. The molecular formula is C9H17ClN2O2. The van der Waals surface area contributed by atoms with E-state index < -0.39 is 6.04 Å². The van der Waals surface area contributed by atoms with Gasteiger partial charge < -0.3 is 11.1 Å². The normalized spacial score (nSPS) is 12.6. The van der Waals surface area contributed by atoms with Gasteiger partial charge in [-0.05, 0) is 12.3 Å². The number of alkyl halides is 1. The predicted molar refractivity (Wildman–Crippen MR) is 56.2 cm³/mol. The summed E-state index contributed by atoms with van der Waals surface area (Å²) in [5.74, 6) is -0.246. The van der Waals surface area contributed by atoms with Crippen molar-refractivity contribution in [3.05, 3.63) is 0 Å². The van der Waals surface area contributed by atoms with Crippen molar-refractivity contribution in [2.24, 2.45) is 11.7 Å². The molecule has 0 aromatic carbocycles. The van der Waals surface area contributed by atoms with Crippen LogP contribution in [0, 0.1) is 5.92 Å². The van der Waals surface area contributed by atoms with Gasteiger partial charge in [0.1, 0.15) is 0 Å². The van der Waals surface area contributed by atoms with Gasteiger partial charge in [-0.25, -0.2) is 0 Å². The van der Waals surface area contributed by atoms with Gasteiger partial charge in [-0.1, -0.05) is 13.8 Å². The zero-order valence-corrected chi connectivity index (χ0v) is 9.30. The van der Waals surface area contributed by atoms with E-state index in [1.165, 1.54) is 0 Å². The first-order chi connectivity index (χ1) is 6.51. The van der Waals surface area contributed by atoms with Gasteiger partial charge in [-0.2, -0.15) is 0 Å². The molecule has 0 aliphatic heterocycles. The molecule has 5 heteroatoms. The van der Waals surface area contributed by atoms with Gasteiger partial charge in [-0.15, -0.1) is 11.6 Å². The monoisotopic (exact) mass is 220 g/mol. The van der Waals surface area contributed by atoms with Crippen LogP contribution in [-0.2, 0) is 9.59 Å². The van der Waals surface area contributed by atoms with E-state index in [4.69, 9.17) is 17.3 Å². The average Bonchev–Trinajstić information content (AvgIpc) is 2.14. The summed E-state index contributed by atoms with van der Waals surface area (Å²) >= 11 is 5.42. The molecule has 0 bridgehead atoms. The van der Waals surface area contributed by atoms with E-state index in [1.807, 2.05) is 13.8 Å². The van der Waals surface area contributed by atoms with Gasteiger partial charge in [-0.3, -0.25) is 9.59 Å². The first-order valence-corrected chi connectivity index (χ1v) is 5.12. The quantitative estimate of drug-likeness (QED) is 0.632. The number of nitrogens with one attached hydrogen (secondary N) is 1. The lowest BCUT2D eigenvalue weighted by Gasteiger charge is -2.17. The summed E-state index contributed by atoms with van der Waals surface area (Å²) in [6.45, 7) is 3.84. The SMILES string of the molecule is CC(C)C[C@H](NC(=O)CN)C(=O)CCl. The van der Waals surface area contributed by atoms with Crippen LogP contribution in [0.4, 0.5) is 0 Å². The molecule has 82 valence electrons. The van der Waals surface area contributed by atoms with Gasteiger partial charge in [0.25, 0.3) is 0 Å².